The molecule has 114 valence electrons. The van der Waals surface area contributed by atoms with Gasteiger partial charge in [0.05, 0.1) is 6.04 Å². The minimum Gasteiger partial charge on any atom is -0.330 e. The molecular weight excluding hydrogens is 283 g/mol. The highest BCUT2D eigenvalue weighted by molar-refractivity contribution is 5.92. The van der Waals surface area contributed by atoms with Crippen molar-refractivity contribution >= 4 is 5.91 Å². The number of likely N-dealkylation sites (tertiary alicyclic amines) is 1. The molecule has 2 saturated heterocycles. The van der Waals surface area contributed by atoms with Crippen molar-refractivity contribution in [1.82, 2.24) is 20.4 Å². The van der Waals surface area contributed by atoms with Crippen LogP contribution in [-0.2, 0) is 0 Å². The summed E-state index contributed by atoms with van der Waals surface area (Å²) in [7, 11) is 0. The monoisotopic (exact) mass is 300 g/mol. The zero-order valence-electron chi connectivity index (χ0n) is 12.0. The minimum absolute atomic E-state index is 0.0684. The van der Waals surface area contributed by atoms with Gasteiger partial charge in [0.15, 0.2) is 0 Å². The number of nitrogens with one attached hydrogen (secondary N) is 2. The van der Waals surface area contributed by atoms with Crippen molar-refractivity contribution in [3.63, 3.8) is 0 Å². The number of aromatic nitrogens is 2. The number of benzene rings is 1. The highest BCUT2D eigenvalue weighted by Gasteiger charge is 2.47. The standard InChI is InChI=1S/C16H17FN4O/c17-12-3-1-2-10(6-12)15-13-8-18-7-11(13)9-21(15)16(22)14-4-5-19-20-14/h1-6,11,13,15,18H,7-9H2,(H,19,20)/t11-,13-,15+/m0/s1. The molecule has 22 heavy (non-hydrogen) atoms. The highest BCUT2D eigenvalue weighted by atomic mass is 19.1. The van der Waals surface area contributed by atoms with Gasteiger partial charge in [-0.1, -0.05) is 12.1 Å². The van der Waals surface area contributed by atoms with Gasteiger partial charge in [-0.2, -0.15) is 5.10 Å². The maximum absolute atomic E-state index is 13.6. The van der Waals surface area contributed by atoms with E-state index >= 15 is 0 Å². The van der Waals surface area contributed by atoms with Crippen molar-refractivity contribution in [2.75, 3.05) is 19.6 Å². The van der Waals surface area contributed by atoms with E-state index in [0.29, 0.717) is 24.1 Å². The molecule has 3 heterocycles. The fraction of sp³-hybridized carbons (Fsp3) is 0.375. The zero-order chi connectivity index (χ0) is 15.1. The van der Waals surface area contributed by atoms with Gasteiger partial charge in [-0.3, -0.25) is 9.89 Å². The summed E-state index contributed by atoms with van der Waals surface area (Å²) in [6.45, 7) is 2.46. The van der Waals surface area contributed by atoms with Gasteiger partial charge in [0.2, 0.25) is 0 Å². The van der Waals surface area contributed by atoms with Crippen LogP contribution in [0.15, 0.2) is 36.5 Å². The van der Waals surface area contributed by atoms with E-state index in [1.807, 2.05) is 11.0 Å². The van der Waals surface area contributed by atoms with Crippen LogP contribution in [0.4, 0.5) is 4.39 Å². The second-order valence-corrected chi connectivity index (χ2v) is 6.01. The summed E-state index contributed by atoms with van der Waals surface area (Å²) in [4.78, 5) is 14.6. The first kappa shape index (κ1) is 13.5. The predicted molar refractivity (Wildman–Crippen MR) is 78.6 cm³/mol. The first-order valence-electron chi connectivity index (χ1n) is 7.50. The number of carbonyl (C=O) groups excluding carboxylic acids is 1. The number of fused-ring (bicyclic) bond motifs is 1. The van der Waals surface area contributed by atoms with Gasteiger partial charge in [-0.05, 0) is 29.7 Å². The first-order valence-corrected chi connectivity index (χ1v) is 7.50. The molecule has 6 heteroatoms. The normalized spacial score (nSPS) is 27.1. The van der Waals surface area contributed by atoms with E-state index in [1.54, 1.807) is 24.4 Å². The van der Waals surface area contributed by atoms with Crippen LogP contribution in [0.3, 0.4) is 0 Å². The third-order valence-corrected chi connectivity index (χ3v) is 4.75. The van der Waals surface area contributed by atoms with Crippen molar-refractivity contribution in [3.8, 4) is 0 Å². The minimum atomic E-state index is -0.263. The van der Waals surface area contributed by atoms with E-state index in [0.717, 1.165) is 18.7 Å². The summed E-state index contributed by atoms with van der Waals surface area (Å²) >= 11 is 0. The lowest BCUT2D eigenvalue weighted by atomic mass is 9.89. The van der Waals surface area contributed by atoms with Crippen LogP contribution in [0.25, 0.3) is 0 Å². The molecule has 4 rings (SSSR count). The number of amides is 1. The van der Waals surface area contributed by atoms with Gasteiger partial charge < -0.3 is 10.2 Å². The molecule has 1 aromatic heterocycles. The van der Waals surface area contributed by atoms with Crippen LogP contribution >= 0.6 is 0 Å². The highest BCUT2D eigenvalue weighted by Crippen LogP contribution is 2.43. The van der Waals surface area contributed by atoms with E-state index in [1.165, 1.54) is 6.07 Å². The number of carbonyl (C=O) groups is 1. The Bertz CT molecular complexity index is 687. The number of nitrogens with zero attached hydrogens (tertiary/aromatic N) is 2. The van der Waals surface area contributed by atoms with Crippen molar-refractivity contribution < 1.29 is 9.18 Å². The molecule has 0 spiro atoms. The summed E-state index contributed by atoms with van der Waals surface area (Å²) in [6.07, 6.45) is 1.57. The molecule has 2 aliphatic rings. The molecule has 0 radical (unpaired) electrons. The summed E-state index contributed by atoms with van der Waals surface area (Å²) in [6, 6.07) is 8.17. The van der Waals surface area contributed by atoms with Gasteiger partial charge in [-0.25, -0.2) is 4.39 Å². The molecule has 3 atom stereocenters. The Morgan fingerprint density at radius 3 is 3.00 bits per heavy atom. The zero-order valence-corrected chi connectivity index (χ0v) is 12.0. The van der Waals surface area contributed by atoms with Crippen molar-refractivity contribution in [3.05, 3.63) is 53.6 Å². The molecule has 1 aromatic carbocycles. The largest absolute Gasteiger partial charge is 0.330 e. The Balaban J connectivity index is 1.72. The maximum Gasteiger partial charge on any atom is 0.272 e. The Labute approximate surface area is 127 Å². The maximum atomic E-state index is 13.6. The van der Waals surface area contributed by atoms with Crippen molar-refractivity contribution in [2.45, 2.75) is 6.04 Å². The smallest absolute Gasteiger partial charge is 0.272 e. The van der Waals surface area contributed by atoms with Gasteiger partial charge in [0.1, 0.15) is 11.5 Å². The van der Waals surface area contributed by atoms with Crippen LogP contribution in [0.1, 0.15) is 22.1 Å². The van der Waals surface area contributed by atoms with E-state index in [9.17, 15) is 9.18 Å². The van der Waals surface area contributed by atoms with Crippen LogP contribution in [0.5, 0.6) is 0 Å². The lowest BCUT2D eigenvalue weighted by Crippen LogP contribution is -2.35. The van der Waals surface area contributed by atoms with Crippen molar-refractivity contribution in [1.29, 1.82) is 0 Å². The topological polar surface area (TPSA) is 61.0 Å². The summed E-state index contributed by atoms with van der Waals surface area (Å²) < 4.78 is 13.6. The molecular formula is C16H17FN4O. The number of H-pyrrole nitrogens is 1. The lowest BCUT2D eigenvalue weighted by Gasteiger charge is -2.28. The number of halogens is 1. The Morgan fingerprint density at radius 1 is 1.32 bits per heavy atom. The lowest BCUT2D eigenvalue weighted by molar-refractivity contribution is 0.0707. The molecule has 1 amide bonds. The number of hydrogen-bond donors (Lipinski definition) is 2. The summed E-state index contributed by atoms with van der Waals surface area (Å²) in [5, 5.41) is 9.97. The van der Waals surface area contributed by atoms with Crippen LogP contribution in [0, 0.1) is 17.7 Å². The molecule has 0 bridgehead atoms. The Morgan fingerprint density at radius 2 is 2.23 bits per heavy atom. The summed E-state index contributed by atoms with van der Waals surface area (Å²) in [5.41, 5.74) is 1.35. The fourth-order valence-corrected chi connectivity index (χ4v) is 3.78. The van der Waals surface area contributed by atoms with Gasteiger partial charge >= 0.3 is 0 Å². The number of aromatic amines is 1. The number of rotatable bonds is 2. The summed E-state index contributed by atoms with van der Waals surface area (Å²) in [5.74, 6) is 0.413. The van der Waals surface area contributed by atoms with Crippen LogP contribution in [0.2, 0.25) is 0 Å². The molecule has 0 aliphatic carbocycles. The molecule has 2 aromatic rings. The Kier molecular flexibility index (Phi) is 3.18. The molecule has 5 nitrogen and oxygen atoms in total. The second kappa shape index (κ2) is 5.21. The second-order valence-electron chi connectivity index (χ2n) is 6.01. The van der Waals surface area contributed by atoms with Gasteiger partial charge in [0.25, 0.3) is 5.91 Å². The van der Waals surface area contributed by atoms with Gasteiger partial charge in [0, 0.05) is 31.7 Å². The van der Waals surface area contributed by atoms with E-state index in [2.05, 4.69) is 15.5 Å². The SMILES string of the molecule is O=C(c1ccn[nH]1)N1C[C@@H]2CNC[C@@H]2[C@H]1c1cccc(F)c1. The molecule has 2 fully saturated rings. The van der Waals surface area contributed by atoms with Crippen LogP contribution < -0.4 is 5.32 Å². The van der Waals surface area contributed by atoms with Crippen molar-refractivity contribution in [2.24, 2.45) is 11.8 Å². The molecule has 0 unspecified atom stereocenters. The van der Waals surface area contributed by atoms with Crippen LogP contribution in [-0.4, -0.2) is 40.6 Å². The van der Waals surface area contributed by atoms with E-state index < -0.39 is 0 Å². The third kappa shape index (κ3) is 2.11. The fourth-order valence-electron chi connectivity index (χ4n) is 3.78. The first-order chi connectivity index (χ1) is 10.7. The van der Waals surface area contributed by atoms with Gasteiger partial charge in [-0.15, -0.1) is 0 Å². The number of hydrogen-bond acceptors (Lipinski definition) is 3. The molecule has 2 aliphatic heterocycles. The average Bonchev–Trinajstić information content (AvgIpc) is 3.22. The van der Waals surface area contributed by atoms with E-state index in [4.69, 9.17) is 0 Å². The molecule has 2 N–H and O–H groups in total. The average molecular weight is 300 g/mol. The quantitative estimate of drug-likeness (QED) is 0.885. The predicted octanol–water partition coefficient (Wildman–Crippen LogP) is 1.58. The third-order valence-electron chi connectivity index (χ3n) is 4.75. The van der Waals surface area contributed by atoms with E-state index in [-0.39, 0.29) is 17.8 Å². The molecule has 0 saturated carbocycles. The Hall–Kier alpha value is -2.21.